The highest BCUT2D eigenvalue weighted by atomic mass is 35.5. The SMILES string of the molecule is Cl.Clc1cccc(-c2nnc3n2-c2cc(Cl)ccc2Cn2cccc2-3)c1. The molecule has 0 atom stereocenters. The van der Waals surface area contributed by atoms with Crippen molar-refractivity contribution in [1.82, 2.24) is 19.3 Å². The summed E-state index contributed by atoms with van der Waals surface area (Å²) in [5, 5.41) is 10.3. The second kappa shape index (κ2) is 6.47. The molecule has 2 aromatic heterocycles. The fraction of sp³-hybridized carbons (Fsp3) is 0.0526. The molecule has 3 heterocycles. The molecule has 0 saturated heterocycles. The summed E-state index contributed by atoms with van der Waals surface area (Å²) in [7, 11) is 0. The number of hydrogen-bond acceptors (Lipinski definition) is 2. The molecule has 0 N–H and O–H groups in total. The predicted octanol–water partition coefficient (Wildman–Crippen LogP) is 5.49. The lowest BCUT2D eigenvalue weighted by Gasteiger charge is -2.12. The van der Waals surface area contributed by atoms with E-state index in [-0.39, 0.29) is 12.4 Å². The van der Waals surface area contributed by atoms with Gasteiger partial charge in [0.1, 0.15) is 0 Å². The monoisotopic (exact) mass is 402 g/mol. The summed E-state index contributed by atoms with van der Waals surface area (Å²) < 4.78 is 4.23. The van der Waals surface area contributed by atoms with Gasteiger partial charge in [-0.25, -0.2) is 0 Å². The fourth-order valence-electron chi connectivity index (χ4n) is 3.31. The molecule has 0 fully saturated rings. The van der Waals surface area contributed by atoms with Gasteiger partial charge in [-0.2, -0.15) is 0 Å². The van der Waals surface area contributed by atoms with Gasteiger partial charge in [0.05, 0.1) is 11.4 Å². The van der Waals surface area contributed by atoms with E-state index in [1.165, 1.54) is 0 Å². The molecule has 0 aliphatic carbocycles. The normalized spacial score (nSPS) is 11.8. The van der Waals surface area contributed by atoms with E-state index in [4.69, 9.17) is 23.2 Å². The molecule has 0 spiro atoms. The quantitative estimate of drug-likeness (QED) is 0.371. The van der Waals surface area contributed by atoms with Gasteiger partial charge in [-0.05, 0) is 42.0 Å². The zero-order valence-electron chi connectivity index (χ0n) is 13.4. The Morgan fingerprint density at radius 1 is 0.846 bits per heavy atom. The molecule has 4 aromatic rings. The average molecular weight is 404 g/mol. The van der Waals surface area contributed by atoms with Crippen molar-refractivity contribution in [2.75, 3.05) is 0 Å². The molecule has 0 saturated carbocycles. The van der Waals surface area contributed by atoms with E-state index >= 15 is 0 Å². The van der Waals surface area contributed by atoms with E-state index in [1.54, 1.807) is 0 Å². The van der Waals surface area contributed by atoms with Crippen molar-refractivity contribution in [2.45, 2.75) is 6.54 Å². The summed E-state index contributed by atoms with van der Waals surface area (Å²) in [6.45, 7) is 0.757. The van der Waals surface area contributed by atoms with Gasteiger partial charge in [0.15, 0.2) is 11.6 Å². The maximum atomic E-state index is 6.29. The molecule has 0 amide bonds. The van der Waals surface area contributed by atoms with Crippen LogP contribution in [0.1, 0.15) is 5.56 Å². The first-order chi connectivity index (χ1) is 12.2. The minimum atomic E-state index is 0. The van der Waals surface area contributed by atoms with Crippen LogP contribution in [0.15, 0.2) is 60.8 Å². The average Bonchev–Trinajstić information content (AvgIpc) is 3.20. The third-order valence-electron chi connectivity index (χ3n) is 4.43. The highest BCUT2D eigenvalue weighted by Gasteiger charge is 2.24. The number of aromatic nitrogens is 4. The number of benzene rings is 2. The van der Waals surface area contributed by atoms with Crippen LogP contribution in [0.25, 0.3) is 28.6 Å². The lowest BCUT2D eigenvalue weighted by Crippen LogP contribution is -2.02. The summed E-state index contributed by atoms with van der Waals surface area (Å²) >= 11 is 12.5. The molecule has 26 heavy (non-hydrogen) atoms. The van der Waals surface area contributed by atoms with Crippen molar-refractivity contribution >= 4 is 35.6 Å². The first kappa shape index (κ1) is 17.2. The van der Waals surface area contributed by atoms with Gasteiger partial charge in [0, 0.05) is 28.4 Å². The smallest absolute Gasteiger partial charge is 0.185 e. The van der Waals surface area contributed by atoms with Crippen molar-refractivity contribution < 1.29 is 0 Å². The zero-order chi connectivity index (χ0) is 17.0. The molecule has 1 aliphatic rings. The third kappa shape index (κ3) is 2.62. The van der Waals surface area contributed by atoms with Crippen molar-refractivity contribution in [3.8, 4) is 28.6 Å². The maximum absolute atomic E-state index is 6.29. The van der Waals surface area contributed by atoms with Crippen LogP contribution in [0, 0.1) is 0 Å². The Kier molecular flexibility index (Phi) is 4.27. The van der Waals surface area contributed by atoms with Gasteiger partial charge in [-0.15, -0.1) is 22.6 Å². The van der Waals surface area contributed by atoms with E-state index in [0.717, 1.165) is 40.7 Å². The molecule has 4 nitrogen and oxygen atoms in total. The molecule has 2 aromatic carbocycles. The minimum Gasteiger partial charge on any atom is -0.340 e. The van der Waals surface area contributed by atoms with E-state index < -0.39 is 0 Å². The summed E-state index contributed by atoms with van der Waals surface area (Å²) in [5.41, 5.74) is 4.08. The van der Waals surface area contributed by atoms with Crippen molar-refractivity contribution in [3.05, 3.63) is 76.4 Å². The topological polar surface area (TPSA) is 35.6 Å². The van der Waals surface area contributed by atoms with Gasteiger partial charge in [-0.3, -0.25) is 4.57 Å². The Hall–Kier alpha value is -2.27. The second-order valence-electron chi connectivity index (χ2n) is 5.99. The Labute approximate surface area is 166 Å². The zero-order valence-corrected chi connectivity index (χ0v) is 15.8. The van der Waals surface area contributed by atoms with Crippen molar-refractivity contribution in [3.63, 3.8) is 0 Å². The first-order valence-electron chi connectivity index (χ1n) is 7.86. The first-order valence-corrected chi connectivity index (χ1v) is 8.62. The van der Waals surface area contributed by atoms with E-state index in [9.17, 15) is 0 Å². The number of fused-ring (bicyclic) bond motifs is 5. The van der Waals surface area contributed by atoms with Crippen LogP contribution in [-0.4, -0.2) is 19.3 Å². The van der Waals surface area contributed by atoms with Gasteiger partial charge >= 0.3 is 0 Å². The van der Waals surface area contributed by atoms with Gasteiger partial charge < -0.3 is 4.57 Å². The summed E-state index contributed by atoms with van der Waals surface area (Å²) in [6, 6.07) is 17.6. The Morgan fingerprint density at radius 2 is 1.65 bits per heavy atom. The summed E-state index contributed by atoms with van der Waals surface area (Å²) in [4.78, 5) is 0. The van der Waals surface area contributed by atoms with Crippen LogP contribution >= 0.6 is 35.6 Å². The largest absolute Gasteiger partial charge is 0.340 e. The van der Waals surface area contributed by atoms with Crippen LogP contribution in [-0.2, 0) is 6.54 Å². The van der Waals surface area contributed by atoms with Crippen LogP contribution in [0.5, 0.6) is 0 Å². The summed E-state index contributed by atoms with van der Waals surface area (Å²) in [5.74, 6) is 1.54. The van der Waals surface area contributed by atoms with Crippen molar-refractivity contribution in [2.24, 2.45) is 0 Å². The molecule has 1 aliphatic heterocycles. The maximum Gasteiger partial charge on any atom is 0.185 e. The van der Waals surface area contributed by atoms with Gasteiger partial charge in [0.25, 0.3) is 0 Å². The number of hydrogen-bond donors (Lipinski definition) is 0. The minimum absolute atomic E-state index is 0. The highest BCUT2D eigenvalue weighted by Crippen LogP contribution is 2.35. The highest BCUT2D eigenvalue weighted by molar-refractivity contribution is 6.31. The standard InChI is InChI=1S/C19H12Cl2N4.ClH/c20-14-4-1-3-12(9-14)18-22-23-19-16-5-2-8-24(16)11-13-6-7-15(21)10-17(13)25(18)19;/h1-10H,11H2;1H. The van der Waals surface area contributed by atoms with Crippen LogP contribution < -0.4 is 0 Å². The molecular formula is C19H13Cl3N4. The Balaban J connectivity index is 0.00000168. The lowest BCUT2D eigenvalue weighted by molar-refractivity contribution is 0.816. The molecule has 130 valence electrons. The molecule has 7 heteroatoms. The van der Waals surface area contributed by atoms with E-state index in [1.807, 2.05) is 42.5 Å². The van der Waals surface area contributed by atoms with Gasteiger partial charge in [0.2, 0.25) is 0 Å². The predicted molar refractivity (Wildman–Crippen MR) is 107 cm³/mol. The van der Waals surface area contributed by atoms with Gasteiger partial charge in [-0.1, -0.05) is 41.4 Å². The molecule has 0 bridgehead atoms. The Morgan fingerprint density at radius 3 is 2.50 bits per heavy atom. The molecule has 0 unspecified atom stereocenters. The third-order valence-corrected chi connectivity index (χ3v) is 4.90. The van der Waals surface area contributed by atoms with Crippen LogP contribution in [0.4, 0.5) is 0 Å². The van der Waals surface area contributed by atoms with Crippen LogP contribution in [0.3, 0.4) is 0 Å². The molecule has 5 rings (SSSR count). The lowest BCUT2D eigenvalue weighted by atomic mass is 10.1. The Bertz CT molecular complexity index is 1110. The number of nitrogens with zero attached hydrogens (tertiary/aromatic N) is 4. The van der Waals surface area contributed by atoms with Crippen LogP contribution in [0.2, 0.25) is 10.0 Å². The van der Waals surface area contributed by atoms with E-state index in [2.05, 4.69) is 37.7 Å². The van der Waals surface area contributed by atoms with Crippen molar-refractivity contribution in [1.29, 1.82) is 0 Å². The number of rotatable bonds is 1. The van der Waals surface area contributed by atoms with E-state index in [0.29, 0.717) is 10.0 Å². The number of halogens is 3. The molecular weight excluding hydrogens is 391 g/mol. The second-order valence-corrected chi connectivity index (χ2v) is 6.86. The fourth-order valence-corrected chi connectivity index (χ4v) is 3.67. The summed E-state index contributed by atoms with van der Waals surface area (Å²) in [6.07, 6.45) is 2.05. The molecule has 0 radical (unpaired) electrons.